The molecule has 5 N–H and O–H groups in total. The summed E-state index contributed by atoms with van der Waals surface area (Å²) in [5.74, 6) is -1.27. The molecule has 0 unspecified atom stereocenters. The van der Waals surface area contributed by atoms with Crippen LogP contribution in [0.1, 0.15) is 66.8 Å². The van der Waals surface area contributed by atoms with Crippen LogP contribution >= 0.6 is 0 Å². The number of aromatic amines is 1. The molecule has 36 heavy (non-hydrogen) atoms. The van der Waals surface area contributed by atoms with Crippen molar-refractivity contribution < 1.29 is 29.0 Å². The van der Waals surface area contributed by atoms with Crippen molar-refractivity contribution in [3.63, 3.8) is 0 Å². The second-order valence-corrected chi connectivity index (χ2v) is 8.34. The second kappa shape index (κ2) is 13.6. The van der Waals surface area contributed by atoms with Gasteiger partial charge in [-0.2, -0.15) is 10.2 Å². The number of aromatic nitrogens is 4. The third-order valence-electron chi connectivity index (χ3n) is 5.04. The van der Waals surface area contributed by atoms with Crippen LogP contribution in [0.5, 0.6) is 5.75 Å². The molecule has 2 aromatic heterocycles. The van der Waals surface area contributed by atoms with E-state index in [0.717, 1.165) is 12.1 Å². The van der Waals surface area contributed by atoms with Crippen molar-refractivity contribution in [3.8, 4) is 17.0 Å². The molecule has 1 saturated carbocycles. The van der Waals surface area contributed by atoms with Crippen LogP contribution in [-0.2, 0) is 7.05 Å². The molecular weight excluding hydrogens is 471 g/mol. The van der Waals surface area contributed by atoms with Gasteiger partial charge in [0.05, 0.1) is 17.5 Å². The quantitative estimate of drug-likeness (QED) is 0.324. The number of aldehydes is 1. The van der Waals surface area contributed by atoms with Crippen LogP contribution in [0.3, 0.4) is 0 Å². The third-order valence-corrected chi connectivity index (χ3v) is 5.04. The molecule has 1 fully saturated rings. The number of amides is 2. The topological polar surface area (TPSA) is 162 Å². The van der Waals surface area contributed by atoms with Gasteiger partial charge in [-0.3, -0.25) is 19.4 Å². The standard InChI is InChI=1S/C15H12FN5O3.C5H10.C4H9NO2/c1-21-12(15(24)18-14-2-3-17-19-14)6-11(20-21)9-4-8(16)5-13(23)10(9)7-22;1-2-4-5-3-1;1-3(2)5-4(6)7/h2-7,23H,1H3,(H2,17,18,19,24);1-5H2;3,5H,1-2H3,(H,6,7). The van der Waals surface area contributed by atoms with E-state index < -0.39 is 23.6 Å². The van der Waals surface area contributed by atoms with E-state index in [-0.39, 0.29) is 28.6 Å². The van der Waals surface area contributed by atoms with Crippen molar-refractivity contribution in [1.82, 2.24) is 25.3 Å². The summed E-state index contributed by atoms with van der Waals surface area (Å²) in [6.45, 7) is 3.54. The Hall–Kier alpha value is -4.22. The number of halogens is 1. The van der Waals surface area contributed by atoms with Crippen molar-refractivity contribution in [2.75, 3.05) is 5.32 Å². The molecule has 0 radical (unpaired) electrons. The number of benzene rings is 1. The number of aryl methyl sites for hydroxylation is 1. The Morgan fingerprint density at radius 1 is 1.17 bits per heavy atom. The number of nitrogens with zero attached hydrogens (tertiary/aromatic N) is 3. The molecule has 4 rings (SSSR count). The fourth-order valence-corrected chi connectivity index (χ4v) is 3.39. The number of carbonyl (C=O) groups excluding carboxylic acids is 2. The molecule has 0 atom stereocenters. The molecule has 0 saturated heterocycles. The lowest BCUT2D eigenvalue weighted by Gasteiger charge is -2.04. The molecule has 12 heteroatoms. The summed E-state index contributed by atoms with van der Waals surface area (Å²) in [7, 11) is 1.53. The van der Waals surface area contributed by atoms with E-state index >= 15 is 0 Å². The molecule has 2 heterocycles. The number of phenolic OH excluding ortho intramolecular Hbond substituents is 1. The van der Waals surface area contributed by atoms with E-state index in [4.69, 9.17) is 5.11 Å². The summed E-state index contributed by atoms with van der Waals surface area (Å²) in [5.41, 5.74) is 0.359. The Balaban J connectivity index is 0.000000313. The minimum absolute atomic E-state index is 0.0255. The summed E-state index contributed by atoms with van der Waals surface area (Å²) in [5, 5.41) is 32.9. The van der Waals surface area contributed by atoms with Gasteiger partial charge in [0.1, 0.15) is 23.1 Å². The van der Waals surface area contributed by atoms with E-state index in [1.807, 2.05) is 0 Å². The molecule has 194 valence electrons. The van der Waals surface area contributed by atoms with Crippen LogP contribution in [0.2, 0.25) is 0 Å². The molecule has 3 aromatic rings. The van der Waals surface area contributed by atoms with Gasteiger partial charge >= 0.3 is 6.09 Å². The first-order chi connectivity index (χ1) is 17.1. The second-order valence-electron chi connectivity index (χ2n) is 8.34. The van der Waals surface area contributed by atoms with Gasteiger partial charge in [-0.05, 0) is 26.0 Å². The van der Waals surface area contributed by atoms with Crippen molar-refractivity contribution in [1.29, 1.82) is 0 Å². The van der Waals surface area contributed by atoms with E-state index in [2.05, 4.69) is 25.9 Å². The lowest BCUT2D eigenvalue weighted by molar-refractivity contribution is 0.101. The normalized spacial score (nSPS) is 12.1. The van der Waals surface area contributed by atoms with E-state index in [1.165, 1.54) is 56.1 Å². The predicted octanol–water partition coefficient (Wildman–Crippen LogP) is 4.33. The van der Waals surface area contributed by atoms with Gasteiger partial charge in [0.15, 0.2) is 6.29 Å². The van der Waals surface area contributed by atoms with Crippen molar-refractivity contribution in [2.45, 2.75) is 52.0 Å². The number of anilines is 1. The van der Waals surface area contributed by atoms with Gasteiger partial charge in [-0.1, -0.05) is 32.1 Å². The number of carboxylic acid groups (broad SMARTS) is 1. The minimum atomic E-state index is -0.963. The number of phenols is 1. The summed E-state index contributed by atoms with van der Waals surface area (Å²) in [6.07, 6.45) is 8.43. The zero-order chi connectivity index (χ0) is 26.7. The Labute approximate surface area is 207 Å². The maximum Gasteiger partial charge on any atom is 0.404 e. The molecule has 11 nitrogen and oxygen atoms in total. The number of aromatic hydroxyl groups is 1. The molecule has 2 amide bonds. The first-order valence-electron chi connectivity index (χ1n) is 11.4. The average molecular weight is 503 g/mol. The van der Waals surface area contributed by atoms with Crippen molar-refractivity contribution in [2.24, 2.45) is 7.05 Å². The zero-order valence-corrected chi connectivity index (χ0v) is 20.4. The fraction of sp³-hybridized carbons (Fsp3) is 0.375. The van der Waals surface area contributed by atoms with E-state index in [1.54, 1.807) is 19.9 Å². The first kappa shape index (κ1) is 28.0. The molecular formula is C24H31FN6O5. The van der Waals surface area contributed by atoms with Gasteiger partial charge < -0.3 is 20.8 Å². The summed E-state index contributed by atoms with van der Waals surface area (Å²) in [6, 6.07) is 4.90. The van der Waals surface area contributed by atoms with Crippen LogP contribution in [0.25, 0.3) is 11.3 Å². The molecule has 1 aliphatic carbocycles. The summed E-state index contributed by atoms with van der Waals surface area (Å²) < 4.78 is 14.8. The Morgan fingerprint density at radius 2 is 1.81 bits per heavy atom. The zero-order valence-electron chi connectivity index (χ0n) is 20.4. The minimum Gasteiger partial charge on any atom is -0.507 e. The number of hydrogen-bond acceptors (Lipinski definition) is 6. The summed E-state index contributed by atoms with van der Waals surface area (Å²) in [4.78, 5) is 33.1. The van der Waals surface area contributed by atoms with Gasteiger partial charge in [0.25, 0.3) is 5.91 Å². The van der Waals surface area contributed by atoms with Gasteiger partial charge in [-0.25, -0.2) is 9.18 Å². The number of nitrogens with one attached hydrogen (secondary N) is 3. The monoisotopic (exact) mass is 502 g/mol. The maximum absolute atomic E-state index is 13.5. The lowest BCUT2D eigenvalue weighted by Crippen LogP contribution is -2.27. The SMILES string of the molecule is C1CCCC1.CC(C)NC(=O)O.Cn1nc(-c2cc(F)cc(O)c2C=O)cc1C(=O)Nc1ccn[nH]1. The van der Waals surface area contributed by atoms with Crippen LogP contribution < -0.4 is 10.6 Å². The number of H-pyrrole nitrogens is 1. The van der Waals surface area contributed by atoms with Gasteiger partial charge in [0.2, 0.25) is 0 Å². The highest BCUT2D eigenvalue weighted by molar-refractivity contribution is 6.03. The maximum atomic E-state index is 13.5. The highest BCUT2D eigenvalue weighted by atomic mass is 19.1. The Morgan fingerprint density at radius 3 is 2.28 bits per heavy atom. The molecule has 1 aliphatic rings. The van der Waals surface area contributed by atoms with Gasteiger partial charge in [-0.15, -0.1) is 0 Å². The molecule has 0 aliphatic heterocycles. The predicted molar refractivity (Wildman–Crippen MR) is 132 cm³/mol. The van der Waals surface area contributed by atoms with Crippen molar-refractivity contribution in [3.05, 3.63) is 47.5 Å². The van der Waals surface area contributed by atoms with Crippen LogP contribution in [0, 0.1) is 5.82 Å². The fourth-order valence-electron chi connectivity index (χ4n) is 3.39. The molecule has 1 aromatic carbocycles. The third kappa shape index (κ3) is 8.53. The first-order valence-corrected chi connectivity index (χ1v) is 11.4. The largest absolute Gasteiger partial charge is 0.507 e. The molecule has 0 spiro atoms. The summed E-state index contributed by atoms with van der Waals surface area (Å²) >= 11 is 0. The van der Waals surface area contributed by atoms with Crippen LogP contribution in [0.4, 0.5) is 15.0 Å². The smallest absolute Gasteiger partial charge is 0.404 e. The highest BCUT2D eigenvalue weighted by Crippen LogP contribution is 2.30. The number of carbonyl (C=O) groups is 3. The lowest BCUT2D eigenvalue weighted by atomic mass is 10.0. The Kier molecular flexibility index (Phi) is 10.6. The number of hydrogen-bond donors (Lipinski definition) is 5. The number of rotatable bonds is 5. The highest BCUT2D eigenvalue weighted by Gasteiger charge is 2.19. The van der Waals surface area contributed by atoms with E-state index in [0.29, 0.717) is 12.1 Å². The molecule has 0 bridgehead atoms. The van der Waals surface area contributed by atoms with Crippen LogP contribution in [0.15, 0.2) is 30.5 Å². The van der Waals surface area contributed by atoms with Crippen LogP contribution in [-0.4, -0.2) is 54.5 Å². The van der Waals surface area contributed by atoms with E-state index in [9.17, 15) is 23.9 Å². The average Bonchev–Trinajstić information content (AvgIpc) is 3.57. The Bertz CT molecular complexity index is 1150. The van der Waals surface area contributed by atoms with Crippen molar-refractivity contribution >= 4 is 24.1 Å². The van der Waals surface area contributed by atoms with Gasteiger partial charge in [0, 0.05) is 30.8 Å².